The van der Waals surface area contributed by atoms with Gasteiger partial charge in [-0.25, -0.2) is 4.68 Å². The molecule has 2 aromatic carbocycles. The van der Waals surface area contributed by atoms with Crippen LogP contribution in [-0.2, 0) is 24.1 Å². The molecule has 1 unspecified atom stereocenters. The van der Waals surface area contributed by atoms with Crippen LogP contribution in [0.2, 0.25) is 0 Å². The number of aromatic nitrogens is 2. The number of fused-ring (bicyclic) bond motifs is 1. The third-order valence-corrected chi connectivity index (χ3v) is 6.25. The van der Waals surface area contributed by atoms with E-state index in [0.29, 0.717) is 0 Å². The first kappa shape index (κ1) is 18.1. The second-order valence-corrected chi connectivity index (χ2v) is 8.54. The minimum Gasteiger partial charge on any atom is -0.371 e. The highest BCUT2D eigenvalue weighted by atomic mass is 79.9. The molecule has 144 valence electrons. The van der Waals surface area contributed by atoms with Crippen molar-refractivity contribution in [2.75, 3.05) is 19.7 Å². The molecule has 0 saturated carbocycles. The summed E-state index contributed by atoms with van der Waals surface area (Å²) >= 11 is 3.57. The number of halogens is 1. The smallest absolute Gasteiger partial charge is 0.0952 e. The van der Waals surface area contributed by atoms with Crippen LogP contribution in [0.1, 0.15) is 35.0 Å². The van der Waals surface area contributed by atoms with E-state index in [1.54, 1.807) is 0 Å². The molecule has 2 heterocycles. The lowest BCUT2D eigenvalue weighted by Crippen LogP contribution is -2.38. The number of morpholine rings is 1. The Labute approximate surface area is 174 Å². The summed E-state index contributed by atoms with van der Waals surface area (Å²) in [5.41, 5.74) is 6.51. The standard InChI is InChI=1S/C23H24BrN3O/c24-18-7-4-6-17(14-18)23-16-26(12-13-28-23)15-21-20-10-5-11-22(20)27(25-21)19-8-2-1-3-9-19/h1-4,6-9,14,23H,5,10-13,15-16H2. The third kappa shape index (κ3) is 3.54. The van der Waals surface area contributed by atoms with Gasteiger partial charge in [-0.05, 0) is 54.7 Å². The van der Waals surface area contributed by atoms with Crippen LogP contribution in [0.25, 0.3) is 5.69 Å². The molecule has 1 aliphatic carbocycles. The summed E-state index contributed by atoms with van der Waals surface area (Å²) in [4.78, 5) is 2.49. The van der Waals surface area contributed by atoms with Gasteiger partial charge in [0.15, 0.2) is 0 Å². The fraction of sp³-hybridized carbons (Fsp3) is 0.348. The van der Waals surface area contributed by atoms with E-state index < -0.39 is 0 Å². The first-order valence-electron chi connectivity index (χ1n) is 10.0. The largest absolute Gasteiger partial charge is 0.371 e. The molecule has 4 nitrogen and oxygen atoms in total. The number of ether oxygens (including phenoxy) is 1. The molecule has 1 fully saturated rings. The normalized spacial score (nSPS) is 19.7. The van der Waals surface area contributed by atoms with Crippen LogP contribution in [0.5, 0.6) is 0 Å². The molecule has 0 radical (unpaired) electrons. The lowest BCUT2D eigenvalue weighted by molar-refractivity contribution is -0.0334. The number of hydrogen-bond donors (Lipinski definition) is 0. The Bertz CT molecular complexity index is 969. The Morgan fingerprint density at radius 3 is 2.82 bits per heavy atom. The van der Waals surface area contributed by atoms with Gasteiger partial charge in [-0.1, -0.05) is 46.3 Å². The zero-order valence-corrected chi connectivity index (χ0v) is 17.4. The Hall–Kier alpha value is -1.95. The summed E-state index contributed by atoms with van der Waals surface area (Å²) in [6, 6.07) is 19.0. The van der Waals surface area contributed by atoms with Gasteiger partial charge in [0.2, 0.25) is 0 Å². The zero-order valence-electron chi connectivity index (χ0n) is 15.9. The van der Waals surface area contributed by atoms with Gasteiger partial charge >= 0.3 is 0 Å². The van der Waals surface area contributed by atoms with Crippen molar-refractivity contribution in [2.24, 2.45) is 0 Å². The van der Waals surface area contributed by atoms with Crippen molar-refractivity contribution in [3.63, 3.8) is 0 Å². The van der Waals surface area contributed by atoms with E-state index in [2.05, 4.69) is 80.1 Å². The number of benzene rings is 2. The topological polar surface area (TPSA) is 30.3 Å². The van der Waals surface area contributed by atoms with E-state index in [0.717, 1.165) is 43.6 Å². The molecular formula is C23H24BrN3O. The van der Waals surface area contributed by atoms with Gasteiger partial charge in [0.05, 0.1) is 24.1 Å². The van der Waals surface area contributed by atoms with Crippen LogP contribution < -0.4 is 0 Å². The molecule has 5 heteroatoms. The van der Waals surface area contributed by atoms with E-state index >= 15 is 0 Å². The van der Waals surface area contributed by atoms with Crippen LogP contribution in [0, 0.1) is 0 Å². The van der Waals surface area contributed by atoms with E-state index in [4.69, 9.17) is 9.84 Å². The molecule has 0 amide bonds. The van der Waals surface area contributed by atoms with Gasteiger partial charge in [0.1, 0.15) is 0 Å². The maximum absolute atomic E-state index is 6.07. The number of nitrogens with zero attached hydrogens (tertiary/aromatic N) is 3. The minimum atomic E-state index is 0.121. The SMILES string of the molecule is Brc1cccc(C2CN(Cc3nn(-c4ccccc4)c4c3CCC4)CCO2)c1. The molecule has 3 aromatic rings. The van der Waals surface area contributed by atoms with Gasteiger partial charge in [-0.3, -0.25) is 4.90 Å². The zero-order chi connectivity index (χ0) is 18.9. The highest BCUT2D eigenvalue weighted by molar-refractivity contribution is 9.10. The van der Waals surface area contributed by atoms with Gasteiger partial charge in [-0.2, -0.15) is 5.10 Å². The minimum absolute atomic E-state index is 0.121. The van der Waals surface area contributed by atoms with Crippen molar-refractivity contribution in [3.05, 3.63) is 81.6 Å². The highest BCUT2D eigenvalue weighted by Crippen LogP contribution is 2.30. The summed E-state index contributed by atoms with van der Waals surface area (Å²) in [5.74, 6) is 0. The van der Waals surface area contributed by atoms with Gasteiger partial charge in [0.25, 0.3) is 0 Å². The number of hydrogen-bond acceptors (Lipinski definition) is 3. The van der Waals surface area contributed by atoms with Crippen LogP contribution >= 0.6 is 15.9 Å². The fourth-order valence-corrected chi connectivity index (χ4v) is 4.81. The van der Waals surface area contributed by atoms with Crippen molar-refractivity contribution in [3.8, 4) is 5.69 Å². The van der Waals surface area contributed by atoms with Crippen LogP contribution in [0.3, 0.4) is 0 Å². The van der Waals surface area contributed by atoms with E-state index in [1.165, 1.54) is 34.6 Å². The molecule has 1 atom stereocenters. The third-order valence-electron chi connectivity index (χ3n) is 5.76. The Balaban J connectivity index is 1.38. The monoisotopic (exact) mass is 437 g/mol. The van der Waals surface area contributed by atoms with E-state index in [-0.39, 0.29) is 6.10 Å². The fourth-order valence-electron chi connectivity index (χ4n) is 4.39. The number of rotatable bonds is 4. The lowest BCUT2D eigenvalue weighted by atomic mass is 10.1. The van der Waals surface area contributed by atoms with Gasteiger partial charge in [-0.15, -0.1) is 0 Å². The predicted octanol–water partition coefficient (Wildman–Crippen LogP) is 4.70. The van der Waals surface area contributed by atoms with Crippen LogP contribution in [-0.4, -0.2) is 34.4 Å². The first-order valence-corrected chi connectivity index (χ1v) is 10.8. The summed E-state index contributed by atoms with van der Waals surface area (Å²) in [6.07, 6.45) is 3.63. The van der Waals surface area contributed by atoms with Gasteiger partial charge in [0, 0.05) is 29.8 Å². The quantitative estimate of drug-likeness (QED) is 0.592. The molecule has 1 aliphatic heterocycles. The maximum atomic E-state index is 6.07. The molecule has 28 heavy (non-hydrogen) atoms. The second kappa shape index (κ2) is 7.82. The molecule has 5 rings (SSSR count). The van der Waals surface area contributed by atoms with Gasteiger partial charge < -0.3 is 4.74 Å². The molecule has 1 saturated heterocycles. The molecule has 0 spiro atoms. The summed E-state index contributed by atoms with van der Waals surface area (Å²) in [6.45, 7) is 3.52. The molecule has 0 bridgehead atoms. The van der Waals surface area contributed by atoms with Crippen molar-refractivity contribution in [1.29, 1.82) is 0 Å². The number of para-hydroxylation sites is 1. The lowest BCUT2D eigenvalue weighted by Gasteiger charge is -2.33. The van der Waals surface area contributed by atoms with Crippen molar-refractivity contribution in [2.45, 2.75) is 31.9 Å². The molecular weight excluding hydrogens is 414 g/mol. The van der Waals surface area contributed by atoms with Crippen molar-refractivity contribution in [1.82, 2.24) is 14.7 Å². The molecule has 2 aliphatic rings. The van der Waals surface area contributed by atoms with Crippen LogP contribution in [0.4, 0.5) is 0 Å². The predicted molar refractivity (Wildman–Crippen MR) is 114 cm³/mol. The summed E-state index contributed by atoms with van der Waals surface area (Å²) < 4.78 is 9.34. The van der Waals surface area contributed by atoms with Crippen molar-refractivity contribution >= 4 is 15.9 Å². The Morgan fingerprint density at radius 1 is 1.07 bits per heavy atom. The van der Waals surface area contributed by atoms with E-state index in [1.807, 2.05) is 0 Å². The Kier molecular flexibility index (Phi) is 5.05. The average Bonchev–Trinajstić information content (AvgIpc) is 3.33. The summed E-state index contributed by atoms with van der Waals surface area (Å²) in [5, 5.41) is 5.03. The molecule has 0 N–H and O–H groups in total. The first-order chi connectivity index (χ1) is 13.8. The second-order valence-electron chi connectivity index (χ2n) is 7.62. The van der Waals surface area contributed by atoms with E-state index in [9.17, 15) is 0 Å². The van der Waals surface area contributed by atoms with Crippen molar-refractivity contribution < 1.29 is 4.74 Å². The highest BCUT2D eigenvalue weighted by Gasteiger charge is 2.27. The van der Waals surface area contributed by atoms with Crippen LogP contribution in [0.15, 0.2) is 59.1 Å². The molecule has 1 aromatic heterocycles. The maximum Gasteiger partial charge on any atom is 0.0952 e. The average molecular weight is 438 g/mol. The summed E-state index contributed by atoms with van der Waals surface area (Å²) in [7, 11) is 0. The Morgan fingerprint density at radius 2 is 1.96 bits per heavy atom.